The number of nitrogens with one attached hydrogen (secondary N) is 1. The normalized spacial score (nSPS) is 22.3. The summed E-state index contributed by atoms with van der Waals surface area (Å²) < 4.78 is 5.26. The summed E-state index contributed by atoms with van der Waals surface area (Å²) in [6.07, 6.45) is 4.09. The average Bonchev–Trinajstić information content (AvgIpc) is 2.44. The number of amides is 1. The molecule has 0 saturated carbocycles. The summed E-state index contributed by atoms with van der Waals surface area (Å²) in [6, 6.07) is 3.93. The standard InChI is InChI=1S/C16H25N3O3/c1-16(2,3)22-15(21)18-11-13-10-14(20)6-9-19(13)12-4-7-17-8-5-12/h4-5,7-8,13-14,20H,6,9-11H2,1-3H3,(H,18,21). The lowest BCUT2D eigenvalue weighted by Gasteiger charge is -2.39. The lowest BCUT2D eigenvalue weighted by molar-refractivity contribution is 0.0513. The molecular formula is C16H25N3O3. The molecular weight excluding hydrogens is 282 g/mol. The Morgan fingerprint density at radius 3 is 2.77 bits per heavy atom. The summed E-state index contributed by atoms with van der Waals surface area (Å²) in [7, 11) is 0. The summed E-state index contributed by atoms with van der Waals surface area (Å²) in [6.45, 7) is 6.70. The van der Waals surface area contributed by atoms with Crippen molar-refractivity contribution in [3.05, 3.63) is 24.5 Å². The fourth-order valence-electron chi connectivity index (χ4n) is 2.61. The van der Waals surface area contributed by atoms with E-state index in [1.165, 1.54) is 0 Å². The Bertz CT molecular complexity index is 487. The summed E-state index contributed by atoms with van der Waals surface area (Å²) in [5, 5.41) is 12.7. The van der Waals surface area contributed by atoms with Crippen molar-refractivity contribution >= 4 is 11.8 Å². The predicted octanol–water partition coefficient (Wildman–Crippen LogP) is 1.94. The molecule has 0 aliphatic carbocycles. The molecule has 1 aromatic rings. The van der Waals surface area contributed by atoms with E-state index < -0.39 is 11.7 Å². The van der Waals surface area contributed by atoms with Crippen LogP contribution < -0.4 is 10.2 Å². The van der Waals surface area contributed by atoms with Crippen molar-refractivity contribution in [2.75, 3.05) is 18.0 Å². The summed E-state index contributed by atoms with van der Waals surface area (Å²) in [5.41, 5.74) is 0.541. The van der Waals surface area contributed by atoms with Crippen LogP contribution >= 0.6 is 0 Å². The van der Waals surface area contributed by atoms with E-state index in [1.807, 2.05) is 32.9 Å². The van der Waals surface area contributed by atoms with Crippen molar-refractivity contribution in [1.82, 2.24) is 10.3 Å². The second kappa shape index (κ2) is 6.96. The smallest absolute Gasteiger partial charge is 0.407 e. The number of hydrogen-bond acceptors (Lipinski definition) is 5. The molecule has 1 aromatic heterocycles. The van der Waals surface area contributed by atoms with Gasteiger partial charge in [0.15, 0.2) is 0 Å². The molecule has 1 amide bonds. The quantitative estimate of drug-likeness (QED) is 0.892. The number of anilines is 1. The molecule has 0 radical (unpaired) electrons. The van der Waals surface area contributed by atoms with Crippen LogP contribution in [0.1, 0.15) is 33.6 Å². The van der Waals surface area contributed by atoms with Crippen LogP contribution in [0.4, 0.5) is 10.5 Å². The SMILES string of the molecule is CC(C)(C)OC(=O)NCC1CC(O)CCN1c1ccncc1. The number of nitrogens with zero attached hydrogens (tertiary/aromatic N) is 2. The molecule has 2 N–H and O–H groups in total. The van der Waals surface area contributed by atoms with Gasteiger partial charge in [0.2, 0.25) is 0 Å². The van der Waals surface area contributed by atoms with Gasteiger partial charge in [-0.2, -0.15) is 0 Å². The number of rotatable bonds is 3. The van der Waals surface area contributed by atoms with Crippen molar-refractivity contribution in [3.8, 4) is 0 Å². The van der Waals surface area contributed by atoms with Crippen molar-refractivity contribution < 1.29 is 14.6 Å². The topological polar surface area (TPSA) is 74.7 Å². The van der Waals surface area contributed by atoms with Gasteiger partial charge >= 0.3 is 6.09 Å². The molecule has 2 atom stereocenters. The molecule has 0 bridgehead atoms. The van der Waals surface area contributed by atoms with Gasteiger partial charge in [-0.25, -0.2) is 4.79 Å². The zero-order valence-corrected chi connectivity index (χ0v) is 13.5. The van der Waals surface area contributed by atoms with Gasteiger partial charge < -0.3 is 20.1 Å². The molecule has 2 heterocycles. The fraction of sp³-hybridized carbons (Fsp3) is 0.625. The zero-order valence-electron chi connectivity index (χ0n) is 13.5. The third-order valence-electron chi connectivity index (χ3n) is 3.56. The van der Waals surface area contributed by atoms with Crippen LogP contribution in [0.25, 0.3) is 0 Å². The highest BCUT2D eigenvalue weighted by molar-refractivity contribution is 5.67. The summed E-state index contributed by atoms with van der Waals surface area (Å²) in [5.74, 6) is 0. The average molecular weight is 307 g/mol. The summed E-state index contributed by atoms with van der Waals surface area (Å²) in [4.78, 5) is 18.0. The molecule has 1 fully saturated rings. The van der Waals surface area contributed by atoms with Crippen LogP contribution in [0.3, 0.4) is 0 Å². The molecule has 0 spiro atoms. The molecule has 1 saturated heterocycles. The van der Waals surface area contributed by atoms with Gasteiger partial charge in [-0.05, 0) is 45.7 Å². The maximum atomic E-state index is 11.8. The molecule has 122 valence electrons. The number of alkyl carbamates (subject to hydrolysis) is 1. The Morgan fingerprint density at radius 1 is 1.45 bits per heavy atom. The van der Waals surface area contributed by atoms with Gasteiger partial charge in [-0.3, -0.25) is 4.98 Å². The van der Waals surface area contributed by atoms with Gasteiger partial charge in [0.1, 0.15) is 5.60 Å². The molecule has 2 rings (SSSR count). The maximum Gasteiger partial charge on any atom is 0.407 e. The Balaban J connectivity index is 1.97. The van der Waals surface area contributed by atoms with E-state index in [4.69, 9.17) is 4.74 Å². The largest absolute Gasteiger partial charge is 0.444 e. The van der Waals surface area contributed by atoms with Gasteiger partial charge in [0.25, 0.3) is 0 Å². The fourth-order valence-corrected chi connectivity index (χ4v) is 2.61. The van der Waals surface area contributed by atoms with Crippen molar-refractivity contribution in [3.63, 3.8) is 0 Å². The summed E-state index contributed by atoms with van der Waals surface area (Å²) >= 11 is 0. The van der Waals surface area contributed by atoms with Crippen LogP contribution in [-0.2, 0) is 4.74 Å². The first kappa shape index (κ1) is 16.5. The number of carbonyl (C=O) groups excluding carboxylic acids is 1. The van der Waals surface area contributed by atoms with E-state index in [1.54, 1.807) is 12.4 Å². The molecule has 6 nitrogen and oxygen atoms in total. The molecule has 22 heavy (non-hydrogen) atoms. The second-order valence-corrected chi connectivity index (χ2v) is 6.61. The monoisotopic (exact) mass is 307 g/mol. The first-order valence-electron chi connectivity index (χ1n) is 7.67. The van der Waals surface area contributed by atoms with E-state index >= 15 is 0 Å². The minimum Gasteiger partial charge on any atom is -0.444 e. The lowest BCUT2D eigenvalue weighted by atomic mass is 9.98. The number of aliphatic hydroxyl groups excluding tert-OH is 1. The lowest BCUT2D eigenvalue weighted by Crippen LogP contribution is -2.50. The van der Waals surface area contributed by atoms with Crippen molar-refractivity contribution in [2.24, 2.45) is 0 Å². The van der Waals surface area contributed by atoms with E-state index in [0.717, 1.165) is 18.7 Å². The molecule has 1 aliphatic heterocycles. The highest BCUT2D eigenvalue weighted by Crippen LogP contribution is 2.24. The Kier molecular flexibility index (Phi) is 5.24. The van der Waals surface area contributed by atoms with Gasteiger partial charge in [-0.1, -0.05) is 0 Å². The minimum atomic E-state index is -0.513. The molecule has 6 heteroatoms. The highest BCUT2D eigenvalue weighted by atomic mass is 16.6. The molecule has 1 aliphatic rings. The predicted molar refractivity (Wildman–Crippen MR) is 84.8 cm³/mol. The van der Waals surface area contributed by atoms with Crippen LogP contribution in [-0.4, -0.2) is 47.0 Å². The van der Waals surface area contributed by atoms with Crippen molar-refractivity contribution in [1.29, 1.82) is 0 Å². The number of hydrogen-bond donors (Lipinski definition) is 2. The third kappa shape index (κ3) is 4.87. The first-order chi connectivity index (χ1) is 10.3. The van der Waals surface area contributed by atoms with Crippen LogP contribution in [0.15, 0.2) is 24.5 Å². The van der Waals surface area contributed by atoms with E-state index in [9.17, 15) is 9.90 Å². The zero-order chi connectivity index (χ0) is 16.2. The van der Waals surface area contributed by atoms with Gasteiger partial charge in [-0.15, -0.1) is 0 Å². The van der Waals surface area contributed by atoms with E-state index in [-0.39, 0.29) is 12.1 Å². The van der Waals surface area contributed by atoms with Crippen molar-refractivity contribution in [2.45, 2.75) is 51.4 Å². The van der Waals surface area contributed by atoms with Gasteiger partial charge in [0, 0.05) is 37.2 Å². The Labute approximate surface area is 131 Å². The maximum absolute atomic E-state index is 11.8. The minimum absolute atomic E-state index is 0.0404. The number of ether oxygens (including phenoxy) is 1. The van der Waals surface area contributed by atoms with E-state index in [2.05, 4.69) is 15.2 Å². The number of aromatic nitrogens is 1. The molecule has 0 aromatic carbocycles. The Morgan fingerprint density at radius 2 is 2.14 bits per heavy atom. The third-order valence-corrected chi connectivity index (χ3v) is 3.56. The number of aliphatic hydroxyl groups is 1. The number of piperidine rings is 1. The molecule has 2 unspecified atom stereocenters. The van der Waals surface area contributed by atoms with Crippen LogP contribution in [0.2, 0.25) is 0 Å². The van der Waals surface area contributed by atoms with Crippen LogP contribution in [0, 0.1) is 0 Å². The van der Waals surface area contributed by atoms with Crippen LogP contribution in [0.5, 0.6) is 0 Å². The first-order valence-corrected chi connectivity index (χ1v) is 7.67. The number of carbonyl (C=O) groups is 1. The van der Waals surface area contributed by atoms with Gasteiger partial charge in [0.05, 0.1) is 6.10 Å². The van der Waals surface area contributed by atoms with E-state index in [0.29, 0.717) is 13.0 Å². The highest BCUT2D eigenvalue weighted by Gasteiger charge is 2.28. The second-order valence-electron chi connectivity index (χ2n) is 6.61. The number of pyridine rings is 1. The Hall–Kier alpha value is -1.82.